The summed E-state index contributed by atoms with van der Waals surface area (Å²) in [6, 6.07) is 11.7. The molecule has 0 aliphatic rings. The zero-order valence-corrected chi connectivity index (χ0v) is 12.4. The Labute approximate surface area is 120 Å². The molecule has 1 aromatic carbocycles. The first kappa shape index (κ1) is 14.7. The molecule has 2 atom stereocenters. The maximum atomic E-state index is 6.10. The third kappa shape index (κ3) is 3.42. The summed E-state index contributed by atoms with van der Waals surface area (Å²) in [6.45, 7) is 6.71. The molecule has 2 N–H and O–H groups in total. The standard InChI is InChI=1S/C17H23NO2/c1-4-12(2)14-7-5-6-8-16(14)19-11-15(18)17-10-9-13(3)20-17/h5-10,12,15H,4,11,18H2,1-3H3. The molecule has 0 spiro atoms. The zero-order chi connectivity index (χ0) is 14.5. The summed E-state index contributed by atoms with van der Waals surface area (Å²) in [5.41, 5.74) is 7.33. The van der Waals surface area contributed by atoms with Crippen LogP contribution in [-0.4, -0.2) is 6.61 Å². The van der Waals surface area contributed by atoms with E-state index < -0.39 is 0 Å². The largest absolute Gasteiger partial charge is 0.491 e. The van der Waals surface area contributed by atoms with Gasteiger partial charge in [-0.05, 0) is 43.0 Å². The Morgan fingerprint density at radius 3 is 2.60 bits per heavy atom. The summed E-state index contributed by atoms with van der Waals surface area (Å²) < 4.78 is 11.4. The molecule has 1 heterocycles. The predicted molar refractivity (Wildman–Crippen MR) is 81.0 cm³/mol. The fourth-order valence-corrected chi connectivity index (χ4v) is 2.15. The van der Waals surface area contributed by atoms with Crippen molar-refractivity contribution in [2.24, 2.45) is 5.73 Å². The minimum atomic E-state index is -0.242. The molecule has 108 valence electrons. The fourth-order valence-electron chi connectivity index (χ4n) is 2.15. The molecule has 0 fully saturated rings. The molecular formula is C17H23NO2. The topological polar surface area (TPSA) is 48.4 Å². The van der Waals surface area contributed by atoms with Gasteiger partial charge in [0.1, 0.15) is 23.9 Å². The second-order valence-corrected chi connectivity index (χ2v) is 5.21. The van der Waals surface area contributed by atoms with Crippen molar-refractivity contribution in [3.8, 4) is 5.75 Å². The van der Waals surface area contributed by atoms with Crippen LogP contribution < -0.4 is 10.5 Å². The molecule has 0 aliphatic carbocycles. The van der Waals surface area contributed by atoms with Crippen molar-refractivity contribution >= 4 is 0 Å². The minimum absolute atomic E-state index is 0.242. The zero-order valence-electron chi connectivity index (χ0n) is 12.4. The first-order valence-electron chi connectivity index (χ1n) is 7.15. The molecule has 0 saturated carbocycles. The highest BCUT2D eigenvalue weighted by atomic mass is 16.5. The van der Waals surface area contributed by atoms with Gasteiger partial charge in [-0.2, -0.15) is 0 Å². The first-order chi connectivity index (χ1) is 9.61. The predicted octanol–water partition coefficient (Wildman–Crippen LogP) is 4.18. The molecule has 0 aliphatic heterocycles. The Bertz CT molecular complexity index is 547. The number of nitrogens with two attached hydrogens (primary N) is 1. The summed E-state index contributed by atoms with van der Waals surface area (Å²) in [5, 5.41) is 0. The Hall–Kier alpha value is -1.74. The molecule has 2 aromatic rings. The molecule has 0 saturated heterocycles. The minimum Gasteiger partial charge on any atom is -0.491 e. The van der Waals surface area contributed by atoms with Gasteiger partial charge in [0.2, 0.25) is 0 Å². The molecule has 3 nitrogen and oxygen atoms in total. The molecular weight excluding hydrogens is 250 g/mol. The molecule has 3 heteroatoms. The van der Waals surface area contributed by atoms with E-state index in [9.17, 15) is 0 Å². The quantitative estimate of drug-likeness (QED) is 0.859. The smallest absolute Gasteiger partial charge is 0.124 e. The number of rotatable bonds is 6. The summed E-state index contributed by atoms with van der Waals surface area (Å²) in [4.78, 5) is 0. The third-order valence-corrected chi connectivity index (χ3v) is 3.61. The third-order valence-electron chi connectivity index (χ3n) is 3.61. The van der Waals surface area contributed by atoms with E-state index in [0.29, 0.717) is 12.5 Å². The van der Waals surface area contributed by atoms with E-state index in [2.05, 4.69) is 19.9 Å². The summed E-state index contributed by atoms with van der Waals surface area (Å²) in [7, 11) is 0. The molecule has 2 rings (SSSR count). The number of para-hydroxylation sites is 1. The van der Waals surface area contributed by atoms with E-state index >= 15 is 0 Å². The van der Waals surface area contributed by atoms with Crippen LogP contribution in [0.15, 0.2) is 40.8 Å². The van der Waals surface area contributed by atoms with Crippen molar-refractivity contribution < 1.29 is 9.15 Å². The van der Waals surface area contributed by atoms with Crippen molar-refractivity contribution in [3.05, 3.63) is 53.5 Å². The lowest BCUT2D eigenvalue weighted by atomic mass is 9.98. The van der Waals surface area contributed by atoms with Crippen LogP contribution in [0.4, 0.5) is 0 Å². The van der Waals surface area contributed by atoms with Crippen LogP contribution in [0.25, 0.3) is 0 Å². The van der Waals surface area contributed by atoms with Crippen molar-refractivity contribution in [2.45, 2.75) is 39.2 Å². The van der Waals surface area contributed by atoms with E-state index in [1.54, 1.807) is 0 Å². The molecule has 0 amide bonds. The molecule has 0 bridgehead atoms. The van der Waals surface area contributed by atoms with Crippen molar-refractivity contribution in [2.75, 3.05) is 6.61 Å². The van der Waals surface area contributed by atoms with E-state index in [4.69, 9.17) is 14.9 Å². The van der Waals surface area contributed by atoms with E-state index in [1.807, 2.05) is 37.3 Å². The van der Waals surface area contributed by atoms with Gasteiger partial charge in [-0.25, -0.2) is 0 Å². The Morgan fingerprint density at radius 1 is 1.20 bits per heavy atom. The SMILES string of the molecule is CCC(C)c1ccccc1OCC(N)c1ccc(C)o1. The van der Waals surface area contributed by atoms with Gasteiger partial charge < -0.3 is 14.9 Å². The number of furan rings is 1. The van der Waals surface area contributed by atoms with E-state index in [-0.39, 0.29) is 6.04 Å². The van der Waals surface area contributed by atoms with Crippen molar-refractivity contribution in [1.82, 2.24) is 0 Å². The second-order valence-electron chi connectivity index (χ2n) is 5.21. The van der Waals surface area contributed by atoms with Crippen molar-refractivity contribution in [3.63, 3.8) is 0 Å². The number of ether oxygens (including phenoxy) is 1. The lowest BCUT2D eigenvalue weighted by Gasteiger charge is -2.17. The average molecular weight is 273 g/mol. The highest BCUT2D eigenvalue weighted by Crippen LogP contribution is 2.29. The molecule has 1 aromatic heterocycles. The van der Waals surface area contributed by atoms with Gasteiger partial charge in [0, 0.05) is 0 Å². The number of hydrogen-bond acceptors (Lipinski definition) is 3. The summed E-state index contributed by atoms with van der Waals surface area (Å²) in [6.07, 6.45) is 1.09. The maximum Gasteiger partial charge on any atom is 0.124 e. The highest BCUT2D eigenvalue weighted by molar-refractivity contribution is 5.36. The highest BCUT2D eigenvalue weighted by Gasteiger charge is 2.14. The summed E-state index contributed by atoms with van der Waals surface area (Å²) in [5.74, 6) is 3.04. The van der Waals surface area contributed by atoms with Gasteiger partial charge in [0.15, 0.2) is 0 Å². The van der Waals surface area contributed by atoms with E-state index in [0.717, 1.165) is 23.7 Å². The van der Waals surface area contributed by atoms with Crippen LogP contribution in [0.1, 0.15) is 49.3 Å². The van der Waals surface area contributed by atoms with Gasteiger partial charge in [-0.3, -0.25) is 0 Å². The van der Waals surface area contributed by atoms with Crippen LogP contribution in [0, 0.1) is 6.92 Å². The van der Waals surface area contributed by atoms with Crippen molar-refractivity contribution in [1.29, 1.82) is 0 Å². The van der Waals surface area contributed by atoms with Gasteiger partial charge >= 0.3 is 0 Å². The fraction of sp³-hybridized carbons (Fsp3) is 0.412. The van der Waals surface area contributed by atoms with Gasteiger partial charge in [-0.15, -0.1) is 0 Å². The molecule has 2 unspecified atom stereocenters. The van der Waals surface area contributed by atoms with Crippen LogP contribution in [0.3, 0.4) is 0 Å². The first-order valence-corrected chi connectivity index (χ1v) is 7.15. The Kier molecular flexibility index (Phi) is 4.85. The van der Waals surface area contributed by atoms with Crippen LogP contribution >= 0.6 is 0 Å². The second kappa shape index (κ2) is 6.62. The lowest BCUT2D eigenvalue weighted by Crippen LogP contribution is -2.19. The molecule has 20 heavy (non-hydrogen) atoms. The van der Waals surface area contributed by atoms with E-state index in [1.165, 1.54) is 5.56 Å². The van der Waals surface area contributed by atoms with Crippen LogP contribution in [0.2, 0.25) is 0 Å². The average Bonchev–Trinajstić information content (AvgIpc) is 2.91. The Morgan fingerprint density at radius 2 is 1.95 bits per heavy atom. The number of hydrogen-bond donors (Lipinski definition) is 1. The van der Waals surface area contributed by atoms with Crippen LogP contribution in [-0.2, 0) is 0 Å². The van der Waals surface area contributed by atoms with Gasteiger partial charge in [0.05, 0.1) is 6.04 Å². The van der Waals surface area contributed by atoms with Gasteiger partial charge in [0.25, 0.3) is 0 Å². The van der Waals surface area contributed by atoms with Crippen LogP contribution in [0.5, 0.6) is 5.75 Å². The lowest BCUT2D eigenvalue weighted by molar-refractivity contribution is 0.268. The maximum absolute atomic E-state index is 6.10. The Balaban J connectivity index is 2.04. The van der Waals surface area contributed by atoms with Gasteiger partial charge in [-0.1, -0.05) is 32.0 Å². The summed E-state index contributed by atoms with van der Waals surface area (Å²) >= 11 is 0. The number of aryl methyl sites for hydroxylation is 1. The number of benzene rings is 1. The molecule has 0 radical (unpaired) electrons. The normalized spacial score (nSPS) is 14.0. The monoisotopic (exact) mass is 273 g/mol.